The molecule has 3 heterocycles. The van der Waals surface area contributed by atoms with Crippen molar-refractivity contribution in [1.29, 1.82) is 0 Å². The van der Waals surface area contributed by atoms with E-state index in [1.54, 1.807) is 23.2 Å². The van der Waals surface area contributed by atoms with Gasteiger partial charge in [-0.1, -0.05) is 42.5 Å². The lowest BCUT2D eigenvalue weighted by atomic mass is 9.84. The van der Waals surface area contributed by atoms with Gasteiger partial charge in [-0.2, -0.15) is 0 Å². The monoisotopic (exact) mass is 551 g/mol. The summed E-state index contributed by atoms with van der Waals surface area (Å²) in [6, 6.07) is 25.4. The van der Waals surface area contributed by atoms with Crippen LogP contribution >= 0.6 is 0 Å². The van der Waals surface area contributed by atoms with Crippen molar-refractivity contribution < 1.29 is 14.3 Å². The molecule has 41 heavy (non-hydrogen) atoms. The number of halogens is 1. The van der Waals surface area contributed by atoms with Crippen LogP contribution in [0, 0.1) is 5.82 Å². The standard InChI is InChI=1S/C33H34FN5O2/c34-25-10-12-26(13-11-25)39-22-38(21-27(40)20-36-30-9-1-2-16-35-30)32(41)33(39)14-17-37(18-15-33)29-19-24-7-3-5-23-6-4-8-28(29)31(23)24/h1-13,16,27,29,40H,14-15,17-22H2,(H,35,36)/t27-,29?/m0/s1. The first-order valence-electron chi connectivity index (χ1n) is 14.4. The van der Waals surface area contributed by atoms with E-state index in [4.69, 9.17) is 0 Å². The van der Waals surface area contributed by atoms with Crippen molar-refractivity contribution >= 4 is 28.2 Å². The molecule has 3 aromatic carbocycles. The fourth-order valence-corrected chi connectivity index (χ4v) is 7.11. The summed E-state index contributed by atoms with van der Waals surface area (Å²) in [5.74, 6) is 0.419. The number of aromatic nitrogens is 1. The zero-order valence-corrected chi connectivity index (χ0v) is 22.9. The topological polar surface area (TPSA) is 71.9 Å². The van der Waals surface area contributed by atoms with Crippen molar-refractivity contribution in [1.82, 2.24) is 14.8 Å². The van der Waals surface area contributed by atoms with Gasteiger partial charge in [0.15, 0.2) is 0 Å². The van der Waals surface area contributed by atoms with E-state index in [9.17, 15) is 14.3 Å². The zero-order chi connectivity index (χ0) is 28.0. The van der Waals surface area contributed by atoms with Gasteiger partial charge in [0.2, 0.25) is 5.91 Å². The maximum absolute atomic E-state index is 14.2. The largest absolute Gasteiger partial charge is 0.389 e. The van der Waals surface area contributed by atoms with E-state index in [-0.39, 0.29) is 24.8 Å². The van der Waals surface area contributed by atoms with Crippen LogP contribution in [0.3, 0.4) is 0 Å². The first-order chi connectivity index (χ1) is 20.0. The van der Waals surface area contributed by atoms with Crippen LogP contribution in [0.1, 0.15) is 30.0 Å². The number of likely N-dealkylation sites (tertiary alicyclic amines) is 1. The normalized spacial score (nSPS) is 20.7. The van der Waals surface area contributed by atoms with Crippen LogP contribution in [0.5, 0.6) is 0 Å². The lowest BCUT2D eigenvalue weighted by Gasteiger charge is -2.45. The van der Waals surface area contributed by atoms with Gasteiger partial charge in [-0.3, -0.25) is 9.69 Å². The van der Waals surface area contributed by atoms with E-state index in [1.165, 1.54) is 34.0 Å². The molecule has 210 valence electrons. The minimum Gasteiger partial charge on any atom is -0.389 e. The first kappa shape index (κ1) is 25.9. The van der Waals surface area contributed by atoms with E-state index in [0.29, 0.717) is 31.4 Å². The van der Waals surface area contributed by atoms with E-state index >= 15 is 0 Å². The van der Waals surface area contributed by atoms with Crippen molar-refractivity contribution in [3.05, 3.63) is 102 Å². The van der Waals surface area contributed by atoms with Gasteiger partial charge in [-0.05, 0) is 77.6 Å². The molecule has 0 saturated carbocycles. The third-order valence-corrected chi connectivity index (χ3v) is 9.13. The molecular formula is C33H34FN5O2. The number of nitrogens with one attached hydrogen (secondary N) is 1. The quantitative estimate of drug-likeness (QED) is 0.350. The third kappa shape index (κ3) is 4.61. The molecule has 1 aliphatic carbocycles. The fraction of sp³-hybridized carbons (Fsp3) is 0.333. The Kier molecular flexibility index (Phi) is 6.60. The summed E-state index contributed by atoms with van der Waals surface area (Å²) in [5.41, 5.74) is 2.88. The van der Waals surface area contributed by atoms with Gasteiger partial charge >= 0.3 is 0 Å². The number of hydrogen-bond donors (Lipinski definition) is 2. The number of nitrogens with zero attached hydrogens (tertiary/aromatic N) is 4. The van der Waals surface area contributed by atoms with Gasteiger partial charge in [-0.25, -0.2) is 9.37 Å². The maximum atomic E-state index is 14.2. The van der Waals surface area contributed by atoms with Gasteiger partial charge in [0.25, 0.3) is 0 Å². The molecule has 3 aliphatic rings. The van der Waals surface area contributed by atoms with E-state index < -0.39 is 11.6 Å². The van der Waals surface area contributed by atoms with E-state index in [0.717, 1.165) is 25.2 Å². The molecule has 1 unspecified atom stereocenters. The van der Waals surface area contributed by atoms with Gasteiger partial charge in [-0.15, -0.1) is 0 Å². The number of carbonyl (C=O) groups is 1. The number of benzene rings is 3. The lowest BCUT2D eigenvalue weighted by molar-refractivity contribution is -0.134. The van der Waals surface area contributed by atoms with Crippen LogP contribution in [0.25, 0.3) is 10.8 Å². The number of aliphatic hydroxyl groups excluding tert-OH is 1. The van der Waals surface area contributed by atoms with Gasteiger partial charge in [0, 0.05) is 37.6 Å². The number of carbonyl (C=O) groups excluding carboxylic acids is 1. The lowest BCUT2D eigenvalue weighted by Crippen LogP contribution is -2.57. The molecule has 2 fully saturated rings. The van der Waals surface area contributed by atoms with Gasteiger partial charge in [0.05, 0.1) is 19.3 Å². The summed E-state index contributed by atoms with van der Waals surface area (Å²) in [5, 5.41) is 16.7. The number of hydrogen-bond acceptors (Lipinski definition) is 6. The fourth-order valence-electron chi connectivity index (χ4n) is 7.11. The molecule has 0 bridgehead atoms. The Morgan fingerprint density at radius 3 is 2.54 bits per heavy atom. The van der Waals surface area contributed by atoms with Crippen LogP contribution in [0.4, 0.5) is 15.9 Å². The SMILES string of the molecule is O=C1N(C[C@@H](O)CNc2ccccn2)CN(c2ccc(F)cc2)C12CCN(C1Cc3cccc4cccc1c34)CC2. The molecule has 1 aromatic heterocycles. The van der Waals surface area contributed by atoms with Crippen LogP contribution in [-0.4, -0.2) is 70.3 Å². The maximum Gasteiger partial charge on any atom is 0.250 e. The Bertz CT molecular complexity index is 1550. The molecule has 0 radical (unpaired) electrons. The molecule has 2 atom stereocenters. The average molecular weight is 552 g/mol. The predicted octanol–water partition coefficient (Wildman–Crippen LogP) is 4.59. The summed E-state index contributed by atoms with van der Waals surface area (Å²) < 4.78 is 13.8. The number of aliphatic hydroxyl groups is 1. The summed E-state index contributed by atoms with van der Waals surface area (Å²) in [6.07, 6.45) is 3.26. The molecule has 7 rings (SSSR count). The van der Waals surface area contributed by atoms with Gasteiger partial charge in [0.1, 0.15) is 17.2 Å². The first-order valence-corrected chi connectivity index (χ1v) is 14.4. The summed E-state index contributed by atoms with van der Waals surface area (Å²) in [6.45, 7) is 2.43. The van der Waals surface area contributed by atoms with Crippen molar-refractivity contribution in [2.45, 2.75) is 36.9 Å². The minimum atomic E-state index is -0.760. The number of pyridine rings is 1. The smallest absolute Gasteiger partial charge is 0.250 e. The highest BCUT2D eigenvalue weighted by Crippen LogP contribution is 2.45. The van der Waals surface area contributed by atoms with E-state index in [1.807, 2.05) is 18.2 Å². The zero-order valence-electron chi connectivity index (χ0n) is 22.9. The highest BCUT2D eigenvalue weighted by molar-refractivity contribution is 5.94. The Morgan fingerprint density at radius 2 is 1.78 bits per heavy atom. The summed E-state index contributed by atoms with van der Waals surface area (Å²) >= 11 is 0. The second-order valence-electron chi connectivity index (χ2n) is 11.5. The number of amides is 1. The highest BCUT2D eigenvalue weighted by Gasteiger charge is 2.54. The molecule has 7 nitrogen and oxygen atoms in total. The molecule has 8 heteroatoms. The number of anilines is 2. The average Bonchev–Trinajstić information content (AvgIpc) is 3.50. The molecular weight excluding hydrogens is 517 g/mol. The number of rotatable bonds is 7. The molecule has 2 N–H and O–H groups in total. The molecule has 4 aromatic rings. The second-order valence-corrected chi connectivity index (χ2v) is 11.5. The molecule has 2 aliphatic heterocycles. The predicted molar refractivity (Wildman–Crippen MR) is 158 cm³/mol. The second kappa shape index (κ2) is 10.4. The Hall–Kier alpha value is -4.01. The number of piperidine rings is 1. The molecule has 1 amide bonds. The van der Waals surface area contributed by atoms with Crippen molar-refractivity contribution in [2.75, 3.05) is 43.1 Å². The van der Waals surface area contributed by atoms with Crippen LogP contribution in [0.15, 0.2) is 85.1 Å². The Labute approximate surface area is 239 Å². The highest BCUT2D eigenvalue weighted by atomic mass is 19.1. The van der Waals surface area contributed by atoms with Crippen molar-refractivity contribution in [3.8, 4) is 0 Å². The number of β-amino-alcohol motifs (C(OH)–C–C–N with tert-alkyl or cyclic N) is 1. The Morgan fingerprint density at radius 1 is 1.00 bits per heavy atom. The molecule has 2 saturated heterocycles. The van der Waals surface area contributed by atoms with Crippen LogP contribution in [0.2, 0.25) is 0 Å². The third-order valence-electron chi connectivity index (χ3n) is 9.13. The van der Waals surface area contributed by atoms with Crippen LogP contribution < -0.4 is 10.2 Å². The van der Waals surface area contributed by atoms with Crippen molar-refractivity contribution in [3.63, 3.8) is 0 Å². The molecule has 1 spiro atoms. The van der Waals surface area contributed by atoms with Crippen LogP contribution in [-0.2, 0) is 11.2 Å². The van der Waals surface area contributed by atoms with E-state index in [2.05, 4.69) is 56.5 Å². The van der Waals surface area contributed by atoms with Gasteiger partial charge < -0.3 is 20.2 Å². The summed E-state index contributed by atoms with van der Waals surface area (Å²) in [4.78, 5) is 24.8. The minimum absolute atomic E-state index is 0.0372. The van der Waals surface area contributed by atoms with Crippen molar-refractivity contribution in [2.24, 2.45) is 0 Å². The summed E-state index contributed by atoms with van der Waals surface area (Å²) in [7, 11) is 0. The Balaban J connectivity index is 1.10.